The van der Waals surface area contributed by atoms with Crippen LogP contribution in [-0.2, 0) is 30.8 Å². The van der Waals surface area contributed by atoms with Crippen molar-refractivity contribution in [1.82, 2.24) is 0 Å². The molecular weight excluding hydrogens is 400 g/mol. The van der Waals surface area contributed by atoms with Gasteiger partial charge >= 0.3 is 5.97 Å². The molecule has 0 spiro atoms. The van der Waals surface area contributed by atoms with Crippen molar-refractivity contribution in [2.24, 2.45) is 5.14 Å². The fourth-order valence-electron chi connectivity index (χ4n) is 3.11. The first-order valence-corrected chi connectivity index (χ1v) is 10.9. The highest BCUT2D eigenvalue weighted by molar-refractivity contribution is 7.89. The molecule has 1 aliphatic heterocycles. The van der Waals surface area contributed by atoms with E-state index in [-0.39, 0.29) is 16.8 Å². The van der Waals surface area contributed by atoms with Crippen molar-refractivity contribution in [2.75, 3.05) is 11.5 Å². The molecule has 0 aliphatic carbocycles. The lowest BCUT2D eigenvalue weighted by atomic mass is 10.1. The van der Waals surface area contributed by atoms with Crippen molar-refractivity contribution in [3.8, 4) is 0 Å². The number of aryl methyl sites for hydroxylation is 1. The number of benzene rings is 1. The Kier molecular flexibility index (Phi) is 5.69. The summed E-state index contributed by atoms with van der Waals surface area (Å²) >= 11 is 1.55. The average molecular weight is 421 g/mol. The highest BCUT2D eigenvalue weighted by Gasteiger charge is 2.32. The van der Waals surface area contributed by atoms with Crippen molar-refractivity contribution < 1.29 is 22.7 Å². The maximum Gasteiger partial charge on any atom is 0.331 e. The number of amides is 1. The van der Waals surface area contributed by atoms with E-state index in [0.29, 0.717) is 17.7 Å². The average Bonchev–Trinajstić information content (AvgIpc) is 3.18. The number of thiophene rings is 1. The number of sulfonamides is 1. The molecule has 1 aromatic heterocycles. The van der Waals surface area contributed by atoms with Gasteiger partial charge in [0.05, 0.1) is 4.90 Å². The molecule has 1 unspecified atom stereocenters. The number of fused-ring (bicyclic) bond motifs is 1. The molecule has 0 radical (unpaired) electrons. The number of ether oxygens (including phenoxy) is 1. The lowest BCUT2D eigenvalue weighted by Crippen LogP contribution is -2.38. The molecule has 1 amide bonds. The van der Waals surface area contributed by atoms with Gasteiger partial charge in [-0.05, 0) is 62.2 Å². The van der Waals surface area contributed by atoms with Gasteiger partial charge in [0, 0.05) is 27.6 Å². The summed E-state index contributed by atoms with van der Waals surface area (Å²) in [5.41, 5.74) is 1.32. The first-order valence-electron chi connectivity index (χ1n) is 8.54. The number of carbonyl (C=O) groups excluding carboxylic acids is 2. The fraction of sp³-hybridized carbons (Fsp3) is 0.263. The largest absolute Gasteiger partial charge is 0.452 e. The van der Waals surface area contributed by atoms with E-state index >= 15 is 0 Å². The molecule has 0 saturated carbocycles. The summed E-state index contributed by atoms with van der Waals surface area (Å²) in [5.74, 6) is -0.973. The van der Waals surface area contributed by atoms with E-state index in [9.17, 15) is 18.0 Å². The summed E-state index contributed by atoms with van der Waals surface area (Å²) < 4.78 is 28.1. The normalized spacial score (nSPS) is 16.4. The molecule has 28 heavy (non-hydrogen) atoms. The quantitative estimate of drug-likeness (QED) is 0.590. The van der Waals surface area contributed by atoms with Gasteiger partial charge in [0.2, 0.25) is 10.0 Å². The topological polar surface area (TPSA) is 107 Å². The van der Waals surface area contributed by atoms with Crippen molar-refractivity contribution in [1.29, 1.82) is 0 Å². The smallest absolute Gasteiger partial charge is 0.331 e. The zero-order valence-electron chi connectivity index (χ0n) is 15.4. The maximum atomic E-state index is 12.6. The summed E-state index contributed by atoms with van der Waals surface area (Å²) in [6.45, 7) is 3.42. The molecule has 2 aromatic rings. The number of esters is 1. The Bertz CT molecular complexity index is 1060. The minimum absolute atomic E-state index is 0.00753. The Morgan fingerprint density at radius 1 is 1.32 bits per heavy atom. The minimum atomic E-state index is -3.81. The van der Waals surface area contributed by atoms with Crippen LogP contribution in [0.3, 0.4) is 0 Å². The number of carbonyl (C=O) groups is 2. The molecule has 1 aromatic carbocycles. The van der Waals surface area contributed by atoms with Gasteiger partial charge in [0.1, 0.15) is 0 Å². The van der Waals surface area contributed by atoms with Crippen LogP contribution in [0.4, 0.5) is 5.69 Å². The third kappa shape index (κ3) is 4.49. The van der Waals surface area contributed by atoms with Crippen LogP contribution in [0.5, 0.6) is 0 Å². The van der Waals surface area contributed by atoms with E-state index in [1.807, 2.05) is 26.0 Å². The second-order valence-corrected chi connectivity index (χ2v) is 9.42. The maximum absolute atomic E-state index is 12.6. The van der Waals surface area contributed by atoms with Crippen LogP contribution in [-0.4, -0.2) is 32.9 Å². The van der Waals surface area contributed by atoms with Gasteiger partial charge in [-0.1, -0.05) is 0 Å². The van der Waals surface area contributed by atoms with Gasteiger partial charge in [0.25, 0.3) is 5.91 Å². The number of nitrogens with two attached hydrogens (primary N) is 1. The number of anilines is 1. The van der Waals surface area contributed by atoms with Gasteiger partial charge in [-0.2, -0.15) is 0 Å². The van der Waals surface area contributed by atoms with Crippen LogP contribution in [0.2, 0.25) is 0 Å². The molecule has 2 N–H and O–H groups in total. The molecule has 3 rings (SSSR count). The number of nitrogens with zero attached hydrogens (tertiary/aromatic N) is 1. The van der Waals surface area contributed by atoms with Crippen molar-refractivity contribution in [3.05, 3.63) is 51.7 Å². The van der Waals surface area contributed by atoms with E-state index in [2.05, 4.69) is 0 Å². The van der Waals surface area contributed by atoms with Crippen LogP contribution in [0.15, 0.2) is 41.3 Å². The van der Waals surface area contributed by atoms with E-state index in [4.69, 9.17) is 9.88 Å². The lowest BCUT2D eigenvalue weighted by molar-refractivity contribution is -0.143. The van der Waals surface area contributed by atoms with Gasteiger partial charge in [-0.25, -0.2) is 18.4 Å². The summed E-state index contributed by atoms with van der Waals surface area (Å²) in [7, 11) is -3.81. The molecule has 1 aliphatic rings. The van der Waals surface area contributed by atoms with E-state index in [0.717, 1.165) is 9.75 Å². The van der Waals surface area contributed by atoms with Crippen LogP contribution in [0.25, 0.3) is 6.08 Å². The van der Waals surface area contributed by atoms with Gasteiger partial charge in [-0.15, -0.1) is 11.3 Å². The van der Waals surface area contributed by atoms with Gasteiger partial charge < -0.3 is 9.64 Å². The number of hydrogen-bond acceptors (Lipinski definition) is 6. The Morgan fingerprint density at radius 2 is 2.07 bits per heavy atom. The zero-order chi connectivity index (χ0) is 20.5. The van der Waals surface area contributed by atoms with Crippen LogP contribution in [0, 0.1) is 6.92 Å². The minimum Gasteiger partial charge on any atom is -0.452 e. The Hall–Kier alpha value is -2.49. The predicted molar refractivity (Wildman–Crippen MR) is 108 cm³/mol. The molecule has 2 heterocycles. The highest BCUT2D eigenvalue weighted by Crippen LogP contribution is 2.33. The SMILES string of the molecule is Cc1ccc(/C=C/C(=O)OCC(=O)N2c3ccc(S(N)(=O)=O)cc3CC2C)s1. The van der Waals surface area contributed by atoms with Crippen molar-refractivity contribution in [3.63, 3.8) is 0 Å². The number of hydrogen-bond donors (Lipinski definition) is 1. The summed E-state index contributed by atoms with van der Waals surface area (Å²) in [4.78, 5) is 28.0. The number of rotatable bonds is 5. The van der Waals surface area contributed by atoms with Crippen LogP contribution < -0.4 is 10.0 Å². The monoisotopic (exact) mass is 420 g/mol. The molecule has 7 nitrogen and oxygen atoms in total. The molecular formula is C19H20N2O5S2. The Labute approximate surface area is 167 Å². The van der Waals surface area contributed by atoms with Gasteiger partial charge in [0.15, 0.2) is 6.61 Å². The molecule has 148 valence electrons. The third-order valence-corrected chi connectivity index (χ3v) is 6.22. The first kappa shape index (κ1) is 20.2. The van der Waals surface area contributed by atoms with Crippen molar-refractivity contribution >= 4 is 45.0 Å². The van der Waals surface area contributed by atoms with Crippen LogP contribution >= 0.6 is 11.3 Å². The summed E-state index contributed by atoms with van der Waals surface area (Å²) in [6.07, 6.45) is 3.43. The Balaban J connectivity index is 1.65. The molecule has 1 atom stereocenters. The predicted octanol–water partition coefficient (Wildman–Crippen LogP) is 2.24. The standard InChI is InChI=1S/C19H20N2O5S2/c1-12-9-14-10-16(28(20,24)25)6-7-17(14)21(12)18(22)11-26-19(23)8-5-15-4-3-13(2)27-15/h3-8,10,12H,9,11H2,1-2H3,(H2,20,24,25)/b8-5+. The zero-order valence-corrected chi connectivity index (χ0v) is 17.0. The molecule has 0 fully saturated rings. The second-order valence-electron chi connectivity index (χ2n) is 6.54. The third-order valence-electron chi connectivity index (χ3n) is 4.35. The summed E-state index contributed by atoms with van der Waals surface area (Å²) in [6, 6.07) is 8.07. The lowest BCUT2D eigenvalue weighted by Gasteiger charge is -2.22. The molecule has 0 saturated heterocycles. The van der Waals surface area contributed by atoms with Gasteiger partial charge in [-0.3, -0.25) is 4.79 Å². The van der Waals surface area contributed by atoms with E-state index < -0.39 is 22.6 Å². The van der Waals surface area contributed by atoms with Crippen molar-refractivity contribution in [2.45, 2.75) is 31.2 Å². The molecule has 0 bridgehead atoms. The second kappa shape index (κ2) is 7.86. The Morgan fingerprint density at radius 3 is 2.71 bits per heavy atom. The van der Waals surface area contributed by atoms with E-state index in [1.165, 1.54) is 23.1 Å². The fourth-order valence-corrected chi connectivity index (χ4v) is 4.45. The first-order chi connectivity index (χ1) is 13.1. The highest BCUT2D eigenvalue weighted by atomic mass is 32.2. The van der Waals surface area contributed by atoms with Crippen LogP contribution in [0.1, 0.15) is 22.2 Å². The molecule has 9 heteroatoms. The summed E-state index contributed by atoms with van der Waals surface area (Å²) in [5, 5.41) is 5.16. The van der Waals surface area contributed by atoms with E-state index in [1.54, 1.807) is 23.5 Å². The number of primary sulfonamides is 1.